The molecule has 0 spiro atoms. The third-order valence-electron chi connectivity index (χ3n) is 3.43. The number of hydrogen-bond acceptors (Lipinski definition) is 3. The summed E-state index contributed by atoms with van der Waals surface area (Å²) in [5.74, 6) is 0.922. The van der Waals surface area contributed by atoms with Gasteiger partial charge in [0.25, 0.3) is 0 Å². The van der Waals surface area contributed by atoms with Gasteiger partial charge in [-0.25, -0.2) is 4.79 Å². The number of hydrogen-bond donors (Lipinski definition) is 1. The lowest BCUT2D eigenvalue weighted by molar-refractivity contribution is 0.102. The molecular weight excluding hydrogens is 306 g/mol. The SMILES string of the molecule is NC(=O)OC1CCSc2ccc(-c3ccc(Cl)cc3)cc21. The Hall–Kier alpha value is -1.65. The van der Waals surface area contributed by atoms with Gasteiger partial charge >= 0.3 is 6.09 Å². The van der Waals surface area contributed by atoms with Crippen molar-refractivity contribution >= 4 is 29.5 Å². The summed E-state index contributed by atoms with van der Waals surface area (Å²) in [5, 5.41) is 0.710. The molecule has 0 fully saturated rings. The van der Waals surface area contributed by atoms with Crippen molar-refractivity contribution in [3.63, 3.8) is 0 Å². The number of halogens is 1. The molecule has 1 heterocycles. The normalized spacial score (nSPS) is 17.1. The minimum atomic E-state index is -0.727. The van der Waals surface area contributed by atoms with E-state index in [1.54, 1.807) is 11.8 Å². The first-order valence-electron chi connectivity index (χ1n) is 6.62. The van der Waals surface area contributed by atoms with Crippen LogP contribution in [0.25, 0.3) is 11.1 Å². The van der Waals surface area contributed by atoms with E-state index in [0.717, 1.165) is 33.8 Å². The van der Waals surface area contributed by atoms with Crippen LogP contribution >= 0.6 is 23.4 Å². The van der Waals surface area contributed by atoms with Gasteiger partial charge in [-0.2, -0.15) is 0 Å². The van der Waals surface area contributed by atoms with Crippen LogP contribution in [-0.4, -0.2) is 11.8 Å². The molecule has 1 atom stereocenters. The largest absolute Gasteiger partial charge is 0.441 e. The molecule has 3 rings (SSSR count). The summed E-state index contributed by atoms with van der Waals surface area (Å²) in [5.41, 5.74) is 8.34. The second-order valence-electron chi connectivity index (χ2n) is 4.82. The summed E-state index contributed by atoms with van der Waals surface area (Å²) in [6.45, 7) is 0. The summed E-state index contributed by atoms with van der Waals surface area (Å²) in [6.07, 6.45) is -0.203. The first kappa shape index (κ1) is 14.3. The Kier molecular flexibility index (Phi) is 4.08. The van der Waals surface area contributed by atoms with Gasteiger partial charge < -0.3 is 10.5 Å². The second kappa shape index (κ2) is 6.00. The number of carbonyl (C=O) groups is 1. The number of ether oxygens (including phenoxy) is 1. The zero-order chi connectivity index (χ0) is 14.8. The Labute approximate surface area is 132 Å². The molecule has 3 nitrogen and oxygen atoms in total. The van der Waals surface area contributed by atoms with Gasteiger partial charge in [-0.1, -0.05) is 29.8 Å². The summed E-state index contributed by atoms with van der Waals surface area (Å²) in [6, 6.07) is 13.9. The summed E-state index contributed by atoms with van der Waals surface area (Å²) in [7, 11) is 0. The number of thioether (sulfide) groups is 1. The molecular formula is C16H14ClNO2S. The topological polar surface area (TPSA) is 52.3 Å². The fourth-order valence-corrected chi connectivity index (χ4v) is 3.65. The lowest BCUT2D eigenvalue weighted by Crippen LogP contribution is -2.20. The quantitative estimate of drug-likeness (QED) is 0.877. The molecule has 0 aliphatic carbocycles. The molecule has 0 radical (unpaired) electrons. The Bertz CT molecular complexity index is 672. The standard InChI is InChI=1S/C16H14ClNO2S/c17-12-4-1-10(2-5-12)11-3-6-15-13(9-11)14(7-8-21-15)20-16(18)19/h1-6,9,14H,7-8H2,(H2,18,19). The predicted octanol–water partition coefficient (Wildman–Crippen LogP) is 4.64. The lowest BCUT2D eigenvalue weighted by Gasteiger charge is -2.25. The minimum absolute atomic E-state index is 0.258. The fourth-order valence-electron chi connectivity index (χ4n) is 2.45. The fraction of sp³-hybridized carbons (Fsp3) is 0.188. The monoisotopic (exact) mass is 319 g/mol. The molecule has 2 aromatic rings. The number of fused-ring (bicyclic) bond motifs is 1. The van der Waals surface area contributed by atoms with Gasteiger partial charge in [-0.05, 0) is 41.8 Å². The third-order valence-corrected chi connectivity index (χ3v) is 4.80. The average molecular weight is 320 g/mol. The molecule has 5 heteroatoms. The molecule has 2 N–H and O–H groups in total. The molecule has 2 aromatic carbocycles. The van der Waals surface area contributed by atoms with Crippen LogP contribution in [0.5, 0.6) is 0 Å². The number of rotatable bonds is 2. The highest BCUT2D eigenvalue weighted by atomic mass is 35.5. The Balaban J connectivity index is 1.98. The number of carbonyl (C=O) groups excluding carboxylic acids is 1. The smallest absolute Gasteiger partial charge is 0.405 e. The minimum Gasteiger partial charge on any atom is -0.441 e. The first-order chi connectivity index (χ1) is 10.1. The maximum absolute atomic E-state index is 11.0. The molecule has 0 saturated heterocycles. The van der Waals surface area contributed by atoms with Crippen LogP contribution < -0.4 is 5.73 Å². The van der Waals surface area contributed by atoms with Crippen LogP contribution in [0.4, 0.5) is 4.79 Å². The van der Waals surface area contributed by atoms with Crippen LogP contribution in [0, 0.1) is 0 Å². The van der Waals surface area contributed by atoms with E-state index in [1.165, 1.54) is 0 Å². The Morgan fingerprint density at radius 1 is 1.19 bits per heavy atom. The van der Waals surface area contributed by atoms with Gasteiger partial charge in [0.15, 0.2) is 0 Å². The summed E-state index contributed by atoms with van der Waals surface area (Å²) in [4.78, 5) is 12.2. The zero-order valence-electron chi connectivity index (χ0n) is 11.2. The summed E-state index contributed by atoms with van der Waals surface area (Å²) < 4.78 is 5.23. The van der Waals surface area contributed by atoms with Gasteiger partial charge in [-0.3, -0.25) is 0 Å². The zero-order valence-corrected chi connectivity index (χ0v) is 12.8. The highest BCUT2D eigenvalue weighted by Crippen LogP contribution is 2.40. The van der Waals surface area contributed by atoms with E-state index in [9.17, 15) is 4.79 Å². The molecule has 0 bridgehead atoms. The lowest BCUT2D eigenvalue weighted by atomic mass is 9.99. The van der Waals surface area contributed by atoms with Crippen molar-refractivity contribution in [3.05, 3.63) is 53.1 Å². The molecule has 1 amide bonds. The maximum Gasteiger partial charge on any atom is 0.405 e. The molecule has 1 aliphatic rings. The molecule has 0 saturated carbocycles. The number of amides is 1. The van der Waals surface area contributed by atoms with Crippen LogP contribution in [0.15, 0.2) is 47.4 Å². The second-order valence-corrected chi connectivity index (χ2v) is 6.40. The van der Waals surface area contributed by atoms with Crippen molar-refractivity contribution in [2.75, 3.05) is 5.75 Å². The van der Waals surface area contributed by atoms with E-state index in [1.807, 2.05) is 24.3 Å². The van der Waals surface area contributed by atoms with E-state index in [-0.39, 0.29) is 6.10 Å². The van der Waals surface area contributed by atoms with E-state index in [0.29, 0.717) is 5.02 Å². The van der Waals surface area contributed by atoms with Crippen molar-refractivity contribution < 1.29 is 9.53 Å². The molecule has 21 heavy (non-hydrogen) atoms. The van der Waals surface area contributed by atoms with Crippen LogP contribution in [-0.2, 0) is 4.74 Å². The van der Waals surface area contributed by atoms with Crippen molar-refractivity contribution in [2.24, 2.45) is 5.73 Å². The molecule has 1 unspecified atom stereocenters. The van der Waals surface area contributed by atoms with Gasteiger partial charge in [0.05, 0.1) is 0 Å². The predicted molar refractivity (Wildman–Crippen MR) is 85.6 cm³/mol. The van der Waals surface area contributed by atoms with Gasteiger partial charge in [0, 0.05) is 21.2 Å². The van der Waals surface area contributed by atoms with E-state index in [4.69, 9.17) is 22.1 Å². The number of primary amides is 1. The first-order valence-corrected chi connectivity index (χ1v) is 7.98. The number of nitrogens with two attached hydrogens (primary N) is 1. The third kappa shape index (κ3) is 3.17. The van der Waals surface area contributed by atoms with Crippen LogP contribution in [0.2, 0.25) is 5.02 Å². The number of benzene rings is 2. The average Bonchev–Trinajstić information content (AvgIpc) is 2.47. The van der Waals surface area contributed by atoms with Crippen LogP contribution in [0.1, 0.15) is 18.1 Å². The van der Waals surface area contributed by atoms with E-state index in [2.05, 4.69) is 18.2 Å². The van der Waals surface area contributed by atoms with Gasteiger partial charge in [-0.15, -0.1) is 11.8 Å². The van der Waals surface area contributed by atoms with Crippen molar-refractivity contribution in [1.29, 1.82) is 0 Å². The highest BCUT2D eigenvalue weighted by molar-refractivity contribution is 7.99. The van der Waals surface area contributed by atoms with Crippen molar-refractivity contribution in [2.45, 2.75) is 17.4 Å². The van der Waals surface area contributed by atoms with Crippen molar-refractivity contribution in [3.8, 4) is 11.1 Å². The van der Waals surface area contributed by atoms with Gasteiger partial charge in [0.1, 0.15) is 6.10 Å². The highest BCUT2D eigenvalue weighted by Gasteiger charge is 2.23. The maximum atomic E-state index is 11.0. The van der Waals surface area contributed by atoms with Crippen molar-refractivity contribution in [1.82, 2.24) is 0 Å². The summed E-state index contributed by atoms with van der Waals surface area (Å²) >= 11 is 7.69. The molecule has 108 valence electrons. The molecule has 1 aliphatic heterocycles. The van der Waals surface area contributed by atoms with Crippen LogP contribution in [0.3, 0.4) is 0 Å². The Morgan fingerprint density at radius 2 is 1.90 bits per heavy atom. The van der Waals surface area contributed by atoms with E-state index < -0.39 is 6.09 Å². The van der Waals surface area contributed by atoms with E-state index >= 15 is 0 Å². The Morgan fingerprint density at radius 3 is 2.62 bits per heavy atom. The molecule has 0 aromatic heterocycles. The van der Waals surface area contributed by atoms with Gasteiger partial charge in [0.2, 0.25) is 0 Å².